The second-order valence-corrected chi connectivity index (χ2v) is 11.2. The van der Waals surface area contributed by atoms with Crippen LogP contribution in [0.25, 0.3) is 0 Å². The molecule has 0 aliphatic heterocycles. The van der Waals surface area contributed by atoms with Gasteiger partial charge in [0.2, 0.25) is 5.91 Å². The van der Waals surface area contributed by atoms with E-state index in [1.807, 2.05) is 13.8 Å². The van der Waals surface area contributed by atoms with Gasteiger partial charge in [0, 0.05) is 37.0 Å². The SMILES string of the molecule is CCOC(CNC(=S)C[C@H]1CCc2sc(NC(=O)C3CC3)c(C(=O)NCC3CC3)c2C1)OCC. The fraction of sp³-hybridized carbons (Fsp3) is 0.720. The van der Waals surface area contributed by atoms with Gasteiger partial charge in [-0.3, -0.25) is 9.59 Å². The maximum atomic E-state index is 13.2. The van der Waals surface area contributed by atoms with Crippen LogP contribution in [0.5, 0.6) is 0 Å². The molecule has 3 N–H and O–H groups in total. The smallest absolute Gasteiger partial charge is 0.254 e. The molecule has 1 aromatic rings. The molecule has 7 nitrogen and oxygen atoms in total. The first kappa shape index (κ1) is 25.5. The number of carbonyl (C=O) groups excluding carboxylic acids is 2. The highest BCUT2D eigenvalue weighted by atomic mass is 32.1. The van der Waals surface area contributed by atoms with Crippen LogP contribution in [0.15, 0.2) is 0 Å². The summed E-state index contributed by atoms with van der Waals surface area (Å²) in [6.07, 6.45) is 7.47. The zero-order valence-corrected chi connectivity index (χ0v) is 21.9. The van der Waals surface area contributed by atoms with Crippen molar-refractivity contribution in [2.24, 2.45) is 17.8 Å². The number of carbonyl (C=O) groups is 2. The van der Waals surface area contributed by atoms with Crippen LogP contribution in [0.4, 0.5) is 5.00 Å². The van der Waals surface area contributed by atoms with E-state index in [-0.39, 0.29) is 24.0 Å². The molecule has 1 atom stereocenters. The minimum Gasteiger partial charge on any atom is -0.375 e. The molecule has 9 heteroatoms. The van der Waals surface area contributed by atoms with Gasteiger partial charge in [-0.1, -0.05) is 12.2 Å². The van der Waals surface area contributed by atoms with E-state index in [9.17, 15) is 9.59 Å². The Morgan fingerprint density at radius 2 is 1.79 bits per heavy atom. The molecule has 2 saturated carbocycles. The third-order valence-corrected chi connectivity index (χ3v) is 8.19. The van der Waals surface area contributed by atoms with Gasteiger partial charge in [-0.15, -0.1) is 11.3 Å². The summed E-state index contributed by atoms with van der Waals surface area (Å²) in [6, 6.07) is 0. The second kappa shape index (κ2) is 11.9. The van der Waals surface area contributed by atoms with Crippen molar-refractivity contribution in [3.63, 3.8) is 0 Å². The number of hydrogen-bond acceptors (Lipinski definition) is 6. The molecule has 2 amide bonds. The predicted molar refractivity (Wildman–Crippen MR) is 139 cm³/mol. The Balaban J connectivity index is 1.40. The Morgan fingerprint density at radius 1 is 1.06 bits per heavy atom. The van der Waals surface area contributed by atoms with E-state index in [0.29, 0.717) is 37.2 Å². The molecule has 0 bridgehead atoms. The van der Waals surface area contributed by atoms with E-state index in [1.165, 1.54) is 17.7 Å². The van der Waals surface area contributed by atoms with E-state index < -0.39 is 0 Å². The Morgan fingerprint density at radius 3 is 2.44 bits per heavy atom. The number of nitrogens with one attached hydrogen (secondary N) is 3. The van der Waals surface area contributed by atoms with Crippen LogP contribution < -0.4 is 16.0 Å². The van der Waals surface area contributed by atoms with Gasteiger partial charge < -0.3 is 25.4 Å². The first-order valence-corrected chi connectivity index (χ1v) is 13.9. The van der Waals surface area contributed by atoms with Crippen molar-refractivity contribution in [2.45, 2.75) is 71.5 Å². The van der Waals surface area contributed by atoms with Crippen LogP contribution in [-0.2, 0) is 27.1 Å². The van der Waals surface area contributed by atoms with Gasteiger partial charge in [0.05, 0.1) is 17.1 Å². The number of fused-ring (bicyclic) bond motifs is 1. The Hall–Kier alpha value is -1.55. The molecular formula is C25H37N3O4S2. The fourth-order valence-electron chi connectivity index (χ4n) is 4.43. The summed E-state index contributed by atoms with van der Waals surface area (Å²) in [5, 5.41) is 10.2. The topological polar surface area (TPSA) is 88.7 Å². The number of rotatable bonds is 13. The molecule has 188 valence electrons. The fourth-order valence-corrected chi connectivity index (χ4v) is 6.00. The van der Waals surface area contributed by atoms with Crippen molar-refractivity contribution < 1.29 is 19.1 Å². The van der Waals surface area contributed by atoms with Crippen LogP contribution >= 0.6 is 23.6 Å². The van der Waals surface area contributed by atoms with Crippen molar-refractivity contribution in [3.8, 4) is 0 Å². The summed E-state index contributed by atoms with van der Waals surface area (Å²) >= 11 is 7.21. The van der Waals surface area contributed by atoms with Crippen LogP contribution in [0.1, 0.15) is 73.2 Å². The summed E-state index contributed by atoms with van der Waals surface area (Å²) < 4.78 is 11.2. The summed E-state index contributed by atoms with van der Waals surface area (Å²) in [7, 11) is 0. The molecule has 0 unspecified atom stereocenters. The molecule has 0 saturated heterocycles. The first-order chi connectivity index (χ1) is 16.5. The predicted octanol–water partition coefficient (Wildman–Crippen LogP) is 4.05. The molecule has 3 aliphatic rings. The molecule has 1 heterocycles. The lowest BCUT2D eigenvalue weighted by Gasteiger charge is -2.24. The van der Waals surface area contributed by atoms with Crippen LogP contribution in [0.3, 0.4) is 0 Å². The molecule has 0 aromatic carbocycles. The van der Waals surface area contributed by atoms with Crippen LogP contribution in [0, 0.1) is 17.8 Å². The van der Waals surface area contributed by atoms with Crippen LogP contribution in [-0.4, -0.2) is 49.4 Å². The highest BCUT2D eigenvalue weighted by Crippen LogP contribution is 2.42. The van der Waals surface area contributed by atoms with Gasteiger partial charge in [0.15, 0.2) is 6.29 Å². The minimum atomic E-state index is -0.304. The maximum Gasteiger partial charge on any atom is 0.254 e. The van der Waals surface area contributed by atoms with Gasteiger partial charge >= 0.3 is 0 Å². The van der Waals surface area contributed by atoms with E-state index in [0.717, 1.165) is 60.6 Å². The van der Waals surface area contributed by atoms with E-state index in [4.69, 9.17) is 21.7 Å². The molecule has 4 rings (SSSR count). The monoisotopic (exact) mass is 507 g/mol. The summed E-state index contributed by atoms with van der Waals surface area (Å²) in [4.78, 5) is 27.7. The highest BCUT2D eigenvalue weighted by molar-refractivity contribution is 7.80. The number of ether oxygens (including phenoxy) is 2. The molecule has 1 aromatic heterocycles. The number of anilines is 1. The van der Waals surface area contributed by atoms with Gasteiger partial charge in [-0.05, 0) is 76.2 Å². The Labute approximate surface area is 211 Å². The van der Waals surface area contributed by atoms with E-state index >= 15 is 0 Å². The second-order valence-electron chi connectivity index (χ2n) is 9.58. The van der Waals surface area contributed by atoms with E-state index in [2.05, 4.69) is 16.0 Å². The number of hydrogen-bond donors (Lipinski definition) is 3. The molecule has 3 aliphatic carbocycles. The average Bonchev–Trinajstić information content (AvgIpc) is 3.73. The molecule has 34 heavy (non-hydrogen) atoms. The van der Waals surface area contributed by atoms with Gasteiger partial charge in [-0.25, -0.2) is 0 Å². The standard InChI is InChI=1S/C25H37N3O4S2/c1-3-31-21(32-4-2)14-26-20(33)12-16-7-10-19-18(11-16)22(24(30)27-13-15-5-6-15)25(34-19)28-23(29)17-8-9-17/h15-17,21H,3-14H2,1-2H3,(H,26,33)(H,27,30)(H,28,29)/t16-/m0/s1. The van der Waals surface area contributed by atoms with Crippen molar-refractivity contribution in [2.75, 3.05) is 31.6 Å². The van der Waals surface area contributed by atoms with Crippen molar-refractivity contribution in [1.82, 2.24) is 10.6 Å². The Bertz CT molecular complexity index is 889. The normalized spacial score (nSPS) is 19.6. The summed E-state index contributed by atoms with van der Waals surface area (Å²) in [5.74, 6) is 1.08. The number of aryl methyl sites for hydroxylation is 1. The molecule has 0 spiro atoms. The zero-order valence-electron chi connectivity index (χ0n) is 20.2. The lowest BCUT2D eigenvalue weighted by atomic mass is 9.84. The third-order valence-electron chi connectivity index (χ3n) is 6.67. The largest absolute Gasteiger partial charge is 0.375 e. The highest BCUT2D eigenvalue weighted by Gasteiger charge is 2.34. The summed E-state index contributed by atoms with van der Waals surface area (Å²) in [6.45, 7) is 6.33. The lowest BCUT2D eigenvalue weighted by molar-refractivity contribution is -0.131. The third kappa shape index (κ3) is 6.99. The molecule has 0 radical (unpaired) electrons. The molecule has 2 fully saturated rings. The number of thiophene rings is 1. The first-order valence-electron chi connectivity index (χ1n) is 12.7. The summed E-state index contributed by atoms with van der Waals surface area (Å²) in [5.41, 5.74) is 1.79. The van der Waals surface area contributed by atoms with Crippen LogP contribution in [0.2, 0.25) is 0 Å². The van der Waals surface area contributed by atoms with Gasteiger partial charge in [0.25, 0.3) is 5.91 Å². The minimum absolute atomic E-state index is 0.0480. The molecular weight excluding hydrogens is 470 g/mol. The maximum absolute atomic E-state index is 13.2. The van der Waals surface area contributed by atoms with Crippen molar-refractivity contribution >= 4 is 45.4 Å². The van der Waals surface area contributed by atoms with E-state index in [1.54, 1.807) is 11.3 Å². The lowest BCUT2D eigenvalue weighted by Crippen LogP contribution is -2.36. The van der Waals surface area contributed by atoms with Gasteiger partial charge in [0.1, 0.15) is 5.00 Å². The van der Waals surface area contributed by atoms with Gasteiger partial charge in [-0.2, -0.15) is 0 Å². The quantitative estimate of drug-likeness (QED) is 0.276. The average molecular weight is 508 g/mol. The Kier molecular flexibility index (Phi) is 8.96. The van der Waals surface area contributed by atoms with Crippen molar-refractivity contribution in [1.29, 1.82) is 0 Å². The zero-order chi connectivity index (χ0) is 24.1. The number of amides is 2. The number of thiocarbonyl (C=S) groups is 1. The van der Waals surface area contributed by atoms with Crippen molar-refractivity contribution in [3.05, 3.63) is 16.0 Å².